The standard InChI is InChI=1S/C19H18N.C11H20O2.Ir/c1-12-9-10-17(15(4)14(12)3)19-18-8-6-5-7-16(18)13(2)11-20-19;1-10(2,3)8(12)7-9(13)11(4,5)6;/h5-9,11H,1-4H3;7,12H,1-6H3;/q-1;;/b;8-7-;. The summed E-state index contributed by atoms with van der Waals surface area (Å²) in [6, 6.07) is 13.9. The van der Waals surface area contributed by atoms with Gasteiger partial charge in [-0.05, 0) is 29.0 Å². The maximum Gasteiger partial charge on any atom is 0.164 e. The molecule has 0 aliphatic rings. The fourth-order valence-electron chi connectivity index (χ4n) is 3.22. The molecular weight excluding hydrogens is 599 g/mol. The van der Waals surface area contributed by atoms with E-state index in [-0.39, 0.29) is 37.1 Å². The molecule has 185 valence electrons. The van der Waals surface area contributed by atoms with Crippen LogP contribution in [0, 0.1) is 44.6 Å². The number of nitrogens with zero attached hydrogens (tertiary/aromatic N) is 1. The summed E-state index contributed by atoms with van der Waals surface area (Å²) in [6.45, 7) is 19.7. The van der Waals surface area contributed by atoms with E-state index in [0.29, 0.717) is 0 Å². The molecule has 0 amide bonds. The number of hydrogen-bond donors (Lipinski definition) is 1. The summed E-state index contributed by atoms with van der Waals surface area (Å²) in [7, 11) is 0. The van der Waals surface area contributed by atoms with Crippen LogP contribution in [0.15, 0.2) is 48.4 Å². The number of fused-ring (bicyclic) bond motifs is 1. The van der Waals surface area contributed by atoms with Gasteiger partial charge in [0.25, 0.3) is 0 Å². The summed E-state index contributed by atoms with van der Waals surface area (Å²) in [4.78, 5) is 16.2. The average Bonchev–Trinajstić information content (AvgIpc) is 2.72. The topological polar surface area (TPSA) is 50.2 Å². The Morgan fingerprint density at radius 1 is 0.882 bits per heavy atom. The minimum Gasteiger partial charge on any atom is -0.512 e. The summed E-state index contributed by atoms with van der Waals surface area (Å²) in [5.41, 5.74) is 6.47. The van der Waals surface area contributed by atoms with Crippen molar-refractivity contribution < 1.29 is 30.0 Å². The van der Waals surface area contributed by atoms with Crippen molar-refractivity contribution in [2.45, 2.75) is 69.2 Å². The van der Waals surface area contributed by atoms with Crippen LogP contribution in [0.2, 0.25) is 0 Å². The maximum absolute atomic E-state index is 11.5. The summed E-state index contributed by atoms with van der Waals surface area (Å²) >= 11 is 0. The average molecular weight is 637 g/mol. The van der Waals surface area contributed by atoms with Crippen molar-refractivity contribution in [1.82, 2.24) is 4.98 Å². The van der Waals surface area contributed by atoms with Gasteiger partial charge in [-0.1, -0.05) is 86.6 Å². The van der Waals surface area contributed by atoms with Crippen molar-refractivity contribution >= 4 is 16.6 Å². The second kappa shape index (κ2) is 11.4. The van der Waals surface area contributed by atoms with Crippen LogP contribution in [0.1, 0.15) is 63.8 Å². The van der Waals surface area contributed by atoms with Gasteiger partial charge in [-0.25, -0.2) is 0 Å². The molecule has 2 aromatic carbocycles. The molecule has 34 heavy (non-hydrogen) atoms. The van der Waals surface area contributed by atoms with Crippen molar-refractivity contribution in [2.75, 3.05) is 0 Å². The number of aromatic nitrogens is 1. The molecule has 0 atom stereocenters. The Morgan fingerprint density at radius 3 is 1.97 bits per heavy atom. The second-order valence-corrected chi connectivity index (χ2v) is 10.8. The van der Waals surface area contributed by atoms with Crippen LogP contribution in [0.4, 0.5) is 0 Å². The molecule has 4 heteroatoms. The Bertz CT molecular complexity index is 1190. The molecule has 1 aromatic heterocycles. The number of ketones is 1. The Labute approximate surface area is 219 Å². The van der Waals surface area contributed by atoms with E-state index < -0.39 is 5.41 Å². The number of aliphatic hydroxyl groups is 1. The van der Waals surface area contributed by atoms with E-state index in [1.165, 1.54) is 39.1 Å². The molecule has 3 rings (SSSR count). The number of hydrogen-bond acceptors (Lipinski definition) is 3. The van der Waals surface area contributed by atoms with Gasteiger partial charge in [-0.2, -0.15) is 0 Å². The van der Waals surface area contributed by atoms with Gasteiger partial charge >= 0.3 is 0 Å². The third-order valence-corrected chi connectivity index (χ3v) is 5.97. The Kier molecular flexibility index (Phi) is 9.99. The first kappa shape index (κ1) is 29.7. The molecular formula is C30H38IrNO2-. The quantitative estimate of drug-likeness (QED) is 0.176. The fourth-order valence-corrected chi connectivity index (χ4v) is 3.22. The minimum absolute atomic E-state index is 0. The van der Waals surface area contributed by atoms with Gasteiger partial charge in [0.2, 0.25) is 0 Å². The van der Waals surface area contributed by atoms with E-state index in [0.717, 1.165) is 11.3 Å². The molecule has 1 heterocycles. The van der Waals surface area contributed by atoms with Gasteiger partial charge in [0, 0.05) is 43.2 Å². The number of pyridine rings is 1. The van der Waals surface area contributed by atoms with Crippen LogP contribution < -0.4 is 0 Å². The van der Waals surface area contributed by atoms with Crippen LogP contribution in [0.3, 0.4) is 0 Å². The molecule has 0 aliphatic heterocycles. The maximum atomic E-state index is 11.5. The first-order valence-corrected chi connectivity index (χ1v) is 11.4. The zero-order valence-electron chi connectivity index (χ0n) is 22.2. The van der Waals surface area contributed by atoms with E-state index in [1.54, 1.807) is 0 Å². The monoisotopic (exact) mass is 637 g/mol. The Morgan fingerprint density at radius 2 is 1.44 bits per heavy atom. The van der Waals surface area contributed by atoms with Crippen molar-refractivity contribution in [1.29, 1.82) is 0 Å². The van der Waals surface area contributed by atoms with Gasteiger partial charge < -0.3 is 10.1 Å². The summed E-state index contributed by atoms with van der Waals surface area (Å²) in [5, 5.41) is 12.0. The number of allylic oxidation sites excluding steroid dienone is 2. The zero-order valence-corrected chi connectivity index (χ0v) is 24.6. The molecule has 3 aromatic rings. The van der Waals surface area contributed by atoms with Gasteiger partial charge in [-0.3, -0.25) is 4.79 Å². The summed E-state index contributed by atoms with van der Waals surface area (Å²) in [6.07, 6.45) is 3.29. The molecule has 0 fully saturated rings. The fraction of sp³-hybridized carbons (Fsp3) is 0.400. The van der Waals surface area contributed by atoms with Gasteiger partial charge in [0.05, 0.1) is 0 Å². The number of aliphatic hydroxyl groups excluding tert-OH is 1. The van der Waals surface area contributed by atoms with Crippen molar-refractivity contribution in [2.24, 2.45) is 10.8 Å². The number of aryl methyl sites for hydroxylation is 2. The molecule has 0 unspecified atom stereocenters. The van der Waals surface area contributed by atoms with Crippen LogP contribution in [0.5, 0.6) is 0 Å². The molecule has 0 spiro atoms. The second-order valence-electron chi connectivity index (χ2n) is 10.8. The van der Waals surface area contributed by atoms with Crippen LogP contribution >= 0.6 is 0 Å². The van der Waals surface area contributed by atoms with Crippen molar-refractivity contribution in [3.05, 3.63) is 76.7 Å². The van der Waals surface area contributed by atoms with Crippen molar-refractivity contribution in [3.8, 4) is 11.3 Å². The Balaban J connectivity index is 0.000000364. The molecule has 1 N–H and O–H groups in total. The van der Waals surface area contributed by atoms with Gasteiger partial charge in [0.1, 0.15) is 5.76 Å². The van der Waals surface area contributed by atoms with E-state index in [2.05, 4.69) is 69.1 Å². The number of rotatable bonds is 2. The van der Waals surface area contributed by atoms with Crippen LogP contribution in [-0.2, 0) is 24.9 Å². The first-order valence-electron chi connectivity index (χ1n) is 11.4. The number of carbonyl (C=O) groups excluding carboxylic acids is 1. The molecule has 0 saturated carbocycles. The SMILES string of the molecule is CC(C)(C)C(=O)/C=C(\O)C(C)(C)C.Cc1c[c-]c(-c2ncc(C)c3ccccc23)c(C)c1C.[Ir]. The molecule has 0 bridgehead atoms. The Hall–Kier alpha value is -2.29. The number of benzene rings is 2. The van der Waals surface area contributed by atoms with Crippen LogP contribution in [0.25, 0.3) is 22.0 Å². The molecule has 3 nitrogen and oxygen atoms in total. The van der Waals surface area contributed by atoms with Crippen LogP contribution in [-0.4, -0.2) is 15.9 Å². The first-order chi connectivity index (χ1) is 15.1. The van der Waals surface area contributed by atoms with E-state index in [9.17, 15) is 9.90 Å². The summed E-state index contributed by atoms with van der Waals surface area (Å²) in [5.74, 6) is 0.104. The minimum atomic E-state index is -0.417. The van der Waals surface area contributed by atoms with Gasteiger partial charge in [0.15, 0.2) is 5.78 Å². The predicted molar refractivity (Wildman–Crippen MR) is 140 cm³/mol. The predicted octanol–water partition coefficient (Wildman–Crippen LogP) is 8.02. The number of carbonyl (C=O) groups is 1. The molecule has 0 saturated heterocycles. The third-order valence-electron chi connectivity index (χ3n) is 5.97. The van der Waals surface area contributed by atoms with Crippen molar-refractivity contribution in [3.63, 3.8) is 0 Å². The van der Waals surface area contributed by atoms with E-state index in [4.69, 9.17) is 0 Å². The normalized spacial score (nSPS) is 12.0. The van der Waals surface area contributed by atoms with E-state index >= 15 is 0 Å². The van der Waals surface area contributed by atoms with Gasteiger partial charge in [-0.15, -0.1) is 34.4 Å². The largest absolute Gasteiger partial charge is 0.512 e. The molecule has 0 aliphatic carbocycles. The van der Waals surface area contributed by atoms with E-state index in [1.807, 2.05) is 47.7 Å². The summed E-state index contributed by atoms with van der Waals surface area (Å²) < 4.78 is 0. The smallest absolute Gasteiger partial charge is 0.164 e. The third kappa shape index (κ3) is 7.10. The molecule has 1 radical (unpaired) electrons. The zero-order chi connectivity index (χ0) is 25.1.